The summed E-state index contributed by atoms with van der Waals surface area (Å²) < 4.78 is 65.0. The molecule has 124 valence electrons. The fraction of sp³-hybridized carbons (Fsp3) is 0.0769. The third-order valence-corrected chi connectivity index (χ3v) is 4.40. The van der Waals surface area contributed by atoms with E-state index in [-0.39, 0.29) is 12.2 Å². The van der Waals surface area contributed by atoms with Crippen LogP contribution in [0.15, 0.2) is 47.5 Å². The van der Waals surface area contributed by atoms with Gasteiger partial charge < -0.3 is 5.73 Å². The minimum absolute atomic E-state index is 0.110. The number of hydrogen-bond donors (Lipinski definition) is 1. The molecule has 0 fully saturated rings. The van der Waals surface area contributed by atoms with Gasteiger partial charge in [0, 0.05) is 18.1 Å². The first-order valence-electron chi connectivity index (χ1n) is 6.37. The maximum absolute atomic E-state index is 12.7. The van der Waals surface area contributed by atoms with Crippen LogP contribution >= 0.6 is 10.2 Å². The van der Waals surface area contributed by atoms with E-state index < -0.39 is 15.1 Å². The molecular weight excluding hydrogens is 339 g/mol. The van der Waals surface area contributed by atoms with E-state index >= 15 is 0 Å². The van der Waals surface area contributed by atoms with Gasteiger partial charge in [-0.1, -0.05) is 19.4 Å². The SMILES string of the molecule is NCc1nn(-c2ccc(S(F)(F)(F)(F)F)cc2)c2ncccc12. The number of hydrogen-bond acceptors (Lipinski definition) is 3. The smallest absolute Gasteiger partial charge is 0.310 e. The van der Waals surface area contributed by atoms with Crippen molar-refractivity contribution in [3.05, 3.63) is 48.3 Å². The van der Waals surface area contributed by atoms with E-state index in [2.05, 4.69) is 10.1 Å². The lowest BCUT2D eigenvalue weighted by molar-refractivity contribution is 0.364. The van der Waals surface area contributed by atoms with Crippen molar-refractivity contribution in [2.45, 2.75) is 11.4 Å². The molecule has 0 radical (unpaired) electrons. The van der Waals surface area contributed by atoms with Crippen LogP contribution in [0.3, 0.4) is 0 Å². The Labute approximate surface area is 127 Å². The van der Waals surface area contributed by atoms with Crippen molar-refractivity contribution < 1.29 is 19.4 Å². The van der Waals surface area contributed by atoms with Crippen LogP contribution in [0.1, 0.15) is 5.69 Å². The molecule has 0 saturated carbocycles. The summed E-state index contributed by atoms with van der Waals surface area (Å²) in [4.78, 5) is 2.16. The second-order valence-electron chi connectivity index (χ2n) is 4.90. The highest BCUT2D eigenvalue weighted by Gasteiger charge is 2.65. The third-order valence-electron chi connectivity index (χ3n) is 3.24. The van der Waals surface area contributed by atoms with Crippen LogP contribution in [-0.2, 0) is 6.54 Å². The molecule has 0 unspecified atom stereocenters. The zero-order valence-electron chi connectivity index (χ0n) is 11.5. The second-order valence-corrected chi connectivity index (χ2v) is 7.31. The predicted octanol–water partition coefficient (Wildman–Crippen LogP) is 4.54. The normalized spacial score (nSPS) is 15.4. The first kappa shape index (κ1) is 15.7. The molecule has 0 atom stereocenters. The molecule has 3 aromatic rings. The number of nitrogens with two attached hydrogens (primary N) is 1. The Kier molecular flexibility index (Phi) is 2.87. The van der Waals surface area contributed by atoms with Gasteiger partial charge >= 0.3 is 10.2 Å². The molecule has 0 spiro atoms. The predicted molar refractivity (Wildman–Crippen MR) is 78.2 cm³/mol. The van der Waals surface area contributed by atoms with Crippen molar-refractivity contribution in [2.75, 3.05) is 0 Å². The molecule has 2 heterocycles. The summed E-state index contributed by atoms with van der Waals surface area (Å²) in [6.45, 7) is 0.110. The Bertz CT molecular complexity index is 887. The van der Waals surface area contributed by atoms with E-state index in [9.17, 15) is 19.4 Å². The van der Waals surface area contributed by atoms with Gasteiger partial charge in [0.25, 0.3) is 0 Å². The zero-order chi connectivity index (χ0) is 16.9. The molecule has 2 aromatic heterocycles. The molecule has 23 heavy (non-hydrogen) atoms. The molecule has 0 saturated heterocycles. The van der Waals surface area contributed by atoms with Crippen molar-refractivity contribution in [2.24, 2.45) is 5.73 Å². The van der Waals surface area contributed by atoms with Crippen LogP contribution in [0.4, 0.5) is 19.4 Å². The van der Waals surface area contributed by atoms with Gasteiger partial charge in [-0.3, -0.25) is 0 Å². The highest BCUT2D eigenvalue weighted by molar-refractivity contribution is 8.45. The van der Waals surface area contributed by atoms with Gasteiger partial charge in [-0.15, -0.1) is 0 Å². The van der Waals surface area contributed by atoms with Crippen molar-refractivity contribution in [3.63, 3.8) is 0 Å². The van der Waals surface area contributed by atoms with Gasteiger partial charge in [0.2, 0.25) is 0 Å². The van der Waals surface area contributed by atoms with Crippen LogP contribution in [0.2, 0.25) is 0 Å². The number of aromatic nitrogens is 3. The Hall–Kier alpha value is -2.20. The summed E-state index contributed by atoms with van der Waals surface area (Å²) >= 11 is 0. The molecule has 0 bridgehead atoms. The van der Waals surface area contributed by atoms with Gasteiger partial charge in [0.1, 0.15) is 4.90 Å². The standard InChI is InChI=1S/C13H11F5N4S/c14-23(15,16,17,18)10-5-3-9(4-6-10)22-13-11(2-1-7-20-13)12(8-19)21-22/h1-7H,8,19H2. The van der Waals surface area contributed by atoms with Gasteiger partial charge in [-0.05, 0) is 36.4 Å². The summed E-state index contributed by atoms with van der Waals surface area (Å²) in [5.74, 6) is 0. The van der Waals surface area contributed by atoms with Crippen molar-refractivity contribution in [3.8, 4) is 5.69 Å². The Morgan fingerprint density at radius 3 is 2.22 bits per heavy atom. The van der Waals surface area contributed by atoms with Crippen LogP contribution in [0.5, 0.6) is 0 Å². The summed E-state index contributed by atoms with van der Waals surface area (Å²) in [7, 11) is -9.69. The number of nitrogens with zero attached hydrogens (tertiary/aromatic N) is 3. The lowest BCUT2D eigenvalue weighted by Gasteiger charge is -2.40. The minimum atomic E-state index is -9.69. The van der Waals surface area contributed by atoms with Gasteiger partial charge in [-0.25, -0.2) is 9.67 Å². The Morgan fingerprint density at radius 2 is 1.65 bits per heavy atom. The highest BCUT2D eigenvalue weighted by Crippen LogP contribution is 3.02. The average Bonchev–Trinajstić information content (AvgIpc) is 2.84. The summed E-state index contributed by atoms with van der Waals surface area (Å²) in [6.07, 6.45) is 1.49. The van der Waals surface area contributed by atoms with E-state index in [0.717, 1.165) is 12.1 Å². The van der Waals surface area contributed by atoms with Gasteiger partial charge in [0.05, 0.1) is 11.4 Å². The van der Waals surface area contributed by atoms with Gasteiger partial charge in [0.15, 0.2) is 5.65 Å². The molecule has 4 nitrogen and oxygen atoms in total. The van der Waals surface area contributed by atoms with Crippen molar-refractivity contribution in [1.29, 1.82) is 0 Å². The molecular formula is C13H11F5N4S. The number of halogens is 5. The topological polar surface area (TPSA) is 56.7 Å². The van der Waals surface area contributed by atoms with Crippen LogP contribution in [0.25, 0.3) is 16.7 Å². The summed E-state index contributed by atoms with van der Waals surface area (Å²) in [6, 6.07) is 5.93. The third kappa shape index (κ3) is 2.86. The minimum Gasteiger partial charge on any atom is -0.325 e. The second kappa shape index (κ2) is 4.20. The fourth-order valence-electron chi connectivity index (χ4n) is 2.19. The number of benzene rings is 1. The van der Waals surface area contributed by atoms with Crippen LogP contribution < -0.4 is 5.73 Å². The number of pyridine rings is 1. The molecule has 0 aliphatic rings. The number of fused-ring (bicyclic) bond motifs is 1. The summed E-state index contributed by atoms with van der Waals surface area (Å²) in [5.41, 5.74) is 6.64. The lowest BCUT2D eigenvalue weighted by Crippen LogP contribution is -2.06. The van der Waals surface area contributed by atoms with Crippen molar-refractivity contribution >= 4 is 21.3 Å². The van der Waals surface area contributed by atoms with E-state index in [4.69, 9.17) is 5.73 Å². The molecule has 3 rings (SSSR count). The first-order valence-corrected chi connectivity index (χ1v) is 8.32. The Balaban J connectivity index is 2.15. The molecule has 0 aliphatic carbocycles. The van der Waals surface area contributed by atoms with E-state index in [1.54, 1.807) is 12.1 Å². The maximum Gasteiger partial charge on any atom is 0.310 e. The molecule has 1 aromatic carbocycles. The van der Waals surface area contributed by atoms with E-state index in [1.807, 2.05) is 0 Å². The monoisotopic (exact) mass is 350 g/mol. The van der Waals surface area contributed by atoms with E-state index in [1.165, 1.54) is 10.9 Å². The highest BCUT2D eigenvalue weighted by atomic mass is 32.5. The molecule has 10 heteroatoms. The quantitative estimate of drug-likeness (QED) is 0.706. The van der Waals surface area contributed by atoms with Crippen molar-refractivity contribution in [1.82, 2.24) is 14.8 Å². The first-order chi connectivity index (χ1) is 10.5. The van der Waals surface area contributed by atoms with Crippen LogP contribution in [0, 0.1) is 0 Å². The zero-order valence-corrected chi connectivity index (χ0v) is 12.3. The molecule has 0 aliphatic heterocycles. The van der Waals surface area contributed by atoms with E-state index in [0.29, 0.717) is 28.9 Å². The fourth-order valence-corrected chi connectivity index (χ4v) is 2.84. The molecule has 2 N–H and O–H groups in total. The molecule has 0 amide bonds. The lowest BCUT2D eigenvalue weighted by atomic mass is 10.2. The van der Waals surface area contributed by atoms with Gasteiger partial charge in [-0.2, -0.15) is 5.10 Å². The maximum atomic E-state index is 12.7. The largest absolute Gasteiger partial charge is 0.325 e. The summed E-state index contributed by atoms with van der Waals surface area (Å²) in [5, 5.41) is 4.82. The average molecular weight is 350 g/mol. The van der Waals surface area contributed by atoms with Crippen LogP contribution in [-0.4, -0.2) is 14.8 Å². The number of rotatable bonds is 3. The Morgan fingerprint density at radius 1 is 1.00 bits per heavy atom.